The molecular weight excluding hydrogens is 418 g/mol. The fourth-order valence-corrected chi connectivity index (χ4v) is 2.96. The predicted octanol–water partition coefficient (Wildman–Crippen LogP) is -0.585. The molecule has 3 rings (SSSR count). The molecule has 13 heteroatoms. The molecule has 0 unspecified atom stereocenters. The second-order valence-corrected chi connectivity index (χ2v) is 6.91. The summed E-state index contributed by atoms with van der Waals surface area (Å²) in [6, 6.07) is 5.16. The number of nitrogens with two attached hydrogens (primary N) is 3. The van der Waals surface area contributed by atoms with Crippen LogP contribution < -0.4 is 28.2 Å². The molecule has 1 aromatic carbocycles. The number of hydrogen-bond donors (Lipinski definition) is 6. The molecule has 1 amide bonds. The minimum atomic E-state index is -1.19. The Balaban J connectivity index is 1.67. The summed E-state index contributed by atoms with van der Waals surface area (Å²) in [4.78, 5) is 50.5. The van der Waals surface area contributed by atoms with Crippen LogP contribution in [0.1, 0.15) is 28.9 Å². The van der Waals surface area contributed by atoms with Crippen molar-refractivity contribution in [3.63, 3.8) is 0 Å². The number of carbonyl (C=O) groups is 2. The van der Waals surface area contributed by atoms with Crippen molar-refractivity contribution in [2.75, 3.05) is 17.6 Å². The molecule has 0 saturated heterocycles. The summed E-state index contributed by atoms with van der Waals surface area (Å²) < 4.78 is 0. The van der Waals surface area contributed by atoms with E-state index in [-0.39, 0.29) is 35.6 Å². The molecule has 1 atom stereocenters. The predicted molar refractivity (Wildman–Crippen MR) is 116 cm³/mol. The Morgan fingerprint density at radius 3 is 2.59 bits per heavy atom. The standard InChI is InChI=1S/C19H23N9O4/c20-7-1-2-13(18(31)32)28(22)17(30)10-3-5-11(6-4-10)23-8-12-9-24-15-14(25-12)16(29)27-19(21)26-15/h3-6,9,13,23H,1-2,7-8,20,22H2,(H,31,32)(H3,21,24,26,27,29)/t13-/m0/s1. The molecule has 2 aromatic heterocycles. The molecule has 0 aliphatic rings. The minimum absolute atomic E-state index is 0.0394. The topological polar surface area (TPSA) is 219 Å². The van der Waals surface area contributed by atoms with Gasteiger partial charge in [-0.15, -0.1) is 0 Å². The number of amides is 1. The van der Waals surface area contributed by atoms with Gasteiger partial charge in [-0.05, 0) is 43.7 Å². The lowest BCUT2D eigenvalue weighted by Crippen LogP contribution is -2.49. The second kappa shape index (κ2) is 9.80. The van der Waals surface area contributed by atoms with Gasteiger partial charge in [0.25, 0.3) is 11.5 Å². The summed E-state index contributed by atoms with van der Waals surface area (Å²) in [6.45, 7) is 0.552. The highest BCUT2D eigenvalue weighted by molar-refractivity contribution is 5.96. The van der Waals surface area contributed by atoms with E-state index >= 15 is 0 Å². The number of benzene rings is 1. The molecule has 0 aliphatic heterocycles. The van der Waals surface area contributed by atoms with Gasteiger partial charge >= 0.3 is 5.97 Å². The quantitative estimate of drug-likeness (QED) is 0.140. The van der Waals surface area contributed by atoms with Gasteiger partial charge < -0.3 is 21.9 Å². The Kier molecular flexibility index (Phi) is 6.92. The Bertz CT molecular complexity index is 1180. The molecule has 2 heterocycles. The van der Waals surface area contributed by atoms with Crippen molar-refractivity contribution in [3.8, 4) is 0 Å². The van der Waals surface area contributed by atoms with E-state index in [1.54, 1.807) is 12.1 Å². The van der Waals surface area contributed by atoms with Crippen molar-refractivity contribution in [2.45, 2.75) is 25.4 Å². The molecule has 0 aliphatic carbocycles. The summed E-state index contributed by atoms with van der Waals surface area (Å²) in [5, 5.41) is 13.1. The fourth-order valence-electron chi connectivity index (χ4n) is 2.96. The number of aromatic amines is 1. The largest absolute Gasteiger partial charge is 0.480 e. The van der Waals surface area contributed by atoms with Crippen LogP contribution in [-0.2, 0) is 11.3 Å². The van der Waals surface area contributed by atoms with Crippen LogP contribution in [0.15, 0.2) is 35.3 Å². The number of aromatic nitrogens is 4. The van der Waals surface area contributed by atoms with Gasteiger partial charge in [0.2, 0.25) is 5.95 Å². The molecular formula is C19H23N9O4. The number of nitrogen functional groups attached to an aromatic ring is 1. The van der Waals surface area contributed by atoms with Gasteiger partial charge in [-0.3, -0.25) is 19.6 Å². The molecule has 3 aromatic rings. The Morgan fingerprint density at radius 1 is 1.22 bits per heavy atom. The third-order valence-electron chi connectivity index (χ3n) is 4.63. The van der Waals surface area contributed by atoms with Crippen molar-refractivity contribution in [1.29, 1.82) is 0 Å². The minimum Gasteiger partial charge on any atom is -0.480 e. The second-order valence-electron chi connectivity index (χ2n) is 6.91. The van der Waals surface area contributed by atoms with E-state index in [2.05, 4.69) is 25.3 Å². The first kappa shape index (κ1) is 22.6. The van der Waals surface area contributed by atoms with Crippen molar-refractivity contribution in [1.82, 2.24) is 24.9 Å². The first-order valence-electron chi connectivity index (χ1n) is 9.66. The van der Waals surface area contributed by atoms with Crippen LogP contribution >= 0.6 is 0 Å². The number of hydrogen-bond acceptors (Lipinski definition) is 10. The van der Waals surface area contributed by atoms with E-state index < -0.39 is 23.5 Å². The molecule has 9 N–H and O–H groups in total. The van der Waals surface area contributed by atoms with Crippen molar-refractivity contribution in [3.05, 3.63) is 52.1 Å². The molecule has 13 nitrogen and oxygen atoms in total. The van der Waals surface area contributed by atoms with E-state index in [1.807, 2.05) is 0 Å². The van der Waals surface area contributed by atoms with Gasteiger partial charge in [0.1, 0.15) is 6.04 Å². The number of nitrogens with zero attached hydrogens (tertiary/aromatic N) is 4. The van der Waals surface area contributed by atoms with Gasteiger partial charge in [0, 0.05) is 11.3 Å². The first-order valence-corrected chi connectivity index (χ1v) is 9.66. The third kappa shape index (κ3) is 5.14. The zero-order valence-electron chi connectivity index (χ0n) is 17.0. The highest BCUT2D eigenvalue weighted by Crippen LogP contribution is 2.14. The van der Waals surface area contributed by atoms with E-state index in [0.717, 1.165) is 0 Å². The van der Waals surface area contributed by atoms with E-state index in [1.165, 1.54) is 18.3 Å². The van der Waals surface area contributed by atoms with Crippen LogP contribution in [-0.4, -0.2) is 54.5 Å². The Hall–Kier alpha value is -4.10. The summed E-state index contributed by atoms with van der Waals surface area (Å²) >= 11 is 0. The summed E-state index contributed by atoms with van der Waals surface area (Å²) in [7, 11) is 0. The highest BCUT2D eigenvalue weighted by Gasteiger charge is 2.27. The van der Waals surface area contributed by atoms with Crippen LogP contribution in [0.3, 0.4) is 0 Å². The maximum atomic E-state index is 12.5. The maximum Gasteiger partial charge on any atom is 0.328 e. The van der Waals surface area contributed by atoms with Gasteiger partial charge in [-0.2, -0.15) is 4.98 Å². The van der Waals surface area contributed by atoms with Gasteiger partial charge in [0.15, 0.2) is 11.2 Å². The SMILES string of the molecule is NCCC[C@@H](C(=O)O)N(N)C(=O)c1ccc(NCc2cnc3nc(N)[nH]c(=O)c3n2)cc1. The Morgan fingerprint density at radius 2 is 1.94 bits per heavy atom. The summed E-state index contributed by atoms with van der Waals surface area (Å²) in [5.74, 6) is 3.91. The summed E-state index contributed by atoms with van der Waals surface area (Å²) in [5.41, 5.74) is 12.0. The third-order valence-corrected chi connectivity index (χ3v) is 4.63. The van der Waals surface area contributed by atoms with E-state index in [0.29, 0.717) is 29.4 Å². The van der Waals surface area contributed by atoms with Gasteiger partial charge in [-0.25, -0.2) is 20.6 Å². The number of hydrazine groups is 1. The van der Waals surface area contributed by atoms with Gasteiger partial charge in [0.05, 0.1) is 18.4 Å². The molecule has 168 valence electrons. The van der Waals surface area contributed by atoms with E-state index in [4.69, 9.17) is 17.3 Å². The van der Waals surface area contributed by atoms with Crippen LogP contribution in [0.25, 0.3) is 11.2 Å². The Labute approximate surface area is 181 Å². The number of carboxylic acids is 1. The van der Waals surface area contributed by atoms with Gasteiger partial charge in [-0.1, -0.05) is 0 Å². The monoisotopic (exact) mass is 441 g/mol. The number of fused-ring (bicyclic) bond motifs is 1. The number of nitrogens with one attached hydrogen (secondary N) is 2. The number of H-pyrrole nitrogens is 1. The number of anilines is 2. The smallest absolute Gasteiger partial charge is 0.328 e. The van der Waals surface area contributed by atoms with E-state index in [9.17, 15) is 19.5 Å². The maximum absolute atomic E-state index is 12.5. The molecule has 32 heavy (non-hydrogen) atoms. The molecule has 0 spiro atoms. The van der Waals surface area contributed by atoms with Crippen molar-refractivity contribution >= 4 is 34.7 Å². The average Bonchev–Trinajstić information content (AvgIpc) is 2.77. The molecule has 0 bridgehead atoms. The summed E-state index contributed by atoms with van der Waals surface area (Å²) in [6.07, 6.45) is 2.05. The average molecular weight is 441 g/mol. The van der Waals surface area contributed by atoms with Crippen LogP contribution in [0, 0.1) is 0 Å². The highest BCUT2D eigenvalue weighted by atomic mass is 16.4. The molecule has 0 radical (unpaired) electrons. The number of aliphatic carboxylic acids is 1. The number of carbonyl (C=O) groups excluding carboxylic acids is 1. The fraction of sp³-hybridized carbons (Fsp3) is 0.263. The lowest BCUT2D eigenvalue weighted by molar-refractivity contribution is -0.142. The van der Waals surface area contributed by atoms with Crippen LogP contribution in [0.2, 0.25) is 0 Å². The van der Waals surface area contributed by atoms with Crippen LogP contribution in [0.5, 0.6) is 0 Å². The van der Waals surface area contributed by atoms with Crippen molar-refractivity contribution < 1.29 is 14.7 Å². The zero-order valence-corrected chi connectivity index (χ0v) is 17.0. The van der Waals surface area contributed by atoms with Crippen LogP contribution in [0.4, 0.5) is 11.6 Å². The normalized spacial score (nSPS) is 11.8. The lowest BCUT2D eigenvalue weighted by Gasteiger charge is -2.24. The molecule has 0 fully saturated rings. The number of carboxylic acid groups (broad SMARTS) is 1. The zero-order chi connectivity index (χ0) is 23.3. The first-order chi connectivity index (χ1) is 15.3. The van der Waals surface area contributed by atoms with Crippen molar-refractivity contribution in [2.24, 2.45) is 11.6 Å². The number of rotatable bonds is 9. The molecule has 0 saturated carbocycles. The lowest BCUT2D eigenvalue weighted by atomic mass is 10.1.